The Morgan fingerprint density at radius 3 is 2.58 bits per heavy atom. The highest BCUT2D eigenvalue weighted by Crippen LogP contribution is 2.19. The predicted octanol–water partition coefficient (Wildman–Crippen LogP) is 1.64. The Labute approximate surface area is 115 Å². The monoisotopic (exact) mass is 261 g/mol. The summed E-state index contributed by atoms with van der Waals surface area (Å²) in [6, 6.07) is 8.56. The molecule has 1 amide bonds. The highest BCUT2D eigenvalue weighted by molar-refractivity contribution is 5.81. The summed E-state index contributed by atoms with van der Waals surface area (Å²) in [5.74, 6) is 0.124. The predicted molar refractivity (Wildman–Crippen MR) is 78.0 cm³/mol. The molecule has 1 saturated carbocycles. The van der Waals surface area contributed by atoms with Gasteiger partial charge in [-0.2, -0.15) is 0 Å². The Kier molecular flexibility index (Phi) is 4.80. The molecule has 1 aliphatic rings. The maximum absolute atomic E-state index is 11.9. The van der Waals surface area contributed by atoms with Gasteiger partial charge in [-0.3, -0.25) is 4.79 Å². The van der Waals surface area contributed by atoms with Gasteiger partial charge in [0.25, 0.3) is 0 Å². The molecule has 1 aromatic rings. The second-order valence-electron chi connectivity index (χ2n) is 5.13. The minimum atomic E-state index is 0.124. The number of rotatable bonds is 7. The zero-order valence-corrected chi connectivity index (χ0v) is 11.6. The fourth-order valence-electron chi connectivity index (χ4n) is 2.09. The summed E-state index contributed by atoms with van der Waals surface area (Å²) < 4.78 is 0. The van der Waals surface area contributed by atoms with E-state index in [4.69, 9.17) is 5.73 Å². The van der Waals surface area contributed by atoms with Gasteiger partial charge in [0.05, 0.1) is 6.54 Å². The molecule has 0 aliphatic heterocycles. The second-order valence-corrected chi connectivity index (χ2v) is 5.13. The van der Waals surface area contributed by atoms with Crippen LogP contribution in [0.2, 0.25) is 0 Å². The molecule has 104 valence electrons. The normalized spacial score (nSPS) is 14.2. The molecule has 1 fully saturated rings. The van der Waals surface area contributed by atoms with Crippen LogP contribution in [-0.2, 0) is 11.3 Å². The van der Waals surface area contributed by atoms with Crippen molar-refractivity contribution in [3.05, 3.63) is 29.8 Å². The lowest BCUT2D eigenvalue weighted by Crippen LogP contribution is -2.38. The SMILES string of the molecule is CCCN(CC(=O)NC1CC1)c1ccc(CN)cc1. The van der Waals surface area contributed by atoms with Crippen molar-refractivity contribution < 1.29 is 4.79 Å². The van der Waals surface area contributed by atoms with Crippen LogP contribution in [0.15, 0.2) is 24.3 Å². The summed E-state index contributed by atoms with van der Waals surface area (Å²) in [7, 11) is 0. The standard InChI is InChI=1S/C15H23N3O/c1-2-9-18(11-15(19)17-13-5-6-13)14-7-3-12(10-16)4-8-14/h3-4,7-8,13H,2,5-6,9-11,16H2,1H3,(H,17,19). The van der Waals surface area contributed by atoms with Crippen molar-refractivity contribution in [1.82, 2.24) is 5.32 Å². The van der Waals surface area contributed by atoms with Crippen LogP contribution < -0.4 is 16.0 Å². The van der Waals surface area contributed by atoms with E-state index in [0.717, 1.165) is 37.1 Å². The molecule has 0 saturated heterocycles. The van der Waals surface area contributed by atoms with Gasteiger partial charge in [0.15, 0.2) is 0 Å². The number of hydrogen-bond acceptors (Lipinski definition) is 3. The molecule has 3 N–H and O–H groups in total. The van der Waals surface area contributed by atoms with Crippen molar-refractivity contribution in [3.8, 4) is 0 Å². The number of anilines is 1. The van der Waals surface area contributed by atoms with Crippen LogP contribution in [0.1, 0.15) is 31.7 Å². The van der Waals surface area contributed by atoms with E-state index in [9.17, 15) is 4.79 Å². The largest absolute Gasteiger partial charge is 0.362 e. The summed E-state index contributed by atoms with van der Waals surface area (Å²) in [5.41, 5.74) is 7.80. The molecule has 0 spiro atoms. The molecule has 1 aromatic carbocycles. The zero-order chi connectivity index (χ0) is 13.7. The lowest BCUT2D eigenvalue weighted by atomic mass is 10.2. The summed E-state index contributed by atoms with van der Waals surface area (Å²) in [6.07, 6.45) is 3.28. The third kappa shape index (κ3) is 4.24. The van der Waals surface area contributed by atoms with Gasteiger partial charge in [0.2, 0.25) is 5.91 Å². The topological polar surface area (TPSA) is 58.4 Å². The highest BCUT2D eigenvalue weighted by atomic mass is 16.2. The van der Waals surface area contributed by atoms with E-state index in [1.54, 1.807) is 0 Å². The van der Waals surface area contributed by atoms with E-state index in [1.165, 1.54) is 0 Å². The molecular formula is C15H23N3O. The number of nitrogens with one attached hydrogen (secondary N) is 1. The average molecular weight is 261 g/mol. The van der Waals surface area contributed by atoms with E-state index < -0.39 is 0 Å². The highest BCUT2D eigenvalue weighted by Gasteiger charge is 2.24. The molecule has 2 rings (SSSR count). The van der Waals surface area contributed by atoms with Gasteiger partial charge in [0.1, 0.15) is 0 Å². The molecule has 4 nitrogen and oxygen atoms in total. The first kappa shape index (κ1) is 13.9. The molecular weight excluding hydrogens is 238 g/mol. The van der Waals surface area contributed by atoms with Gasteiger partial charge < -0.3 is 16.0 Å². The quantitative estimate of drug-likeness (QED) is 0.784. The van der Waals surface area contributed by atoms with Crippen molar-refractivity contribution in [2.24, 2.45) is 5.73 Å². The third-order valence-electron chi connectivity index (χ3n) is 3.31. The van der Waals surface area contributed by atoms with Crippen molar-refractivity contribution in [2.75, 3.05) is 18.0 Å². The van der Waals surface area contributed by atoms with E-state index in [0.29, 0.717) is 19.1 Å². The summed E-state index contributed by atoms with van der Waals surface area (Å²) in [4.78, 5) is 14.0. The molecule has 19 heavy (non-hydrogen) atoms. The van der Waals surface area contributed by atoms with Gasteiger partial charge in [-0.05, 0) is 37.0 Å². The van der Waals surface area contributed by atoms with Crippen LogP contribution in [-0.4, -0.2) is 25.0 Å². The van der Waals surface area contributed by atoms with E-state index >= 15 is 0 Å². The minimum Gasteiger partial charge on any atom is -0.362 e. The summed E-state index contributed by atoms with van der Waals surface area (Å²) >= 11 is 0. The maximum atomic E-state index is 11.9. The molecule has 0 unspecified atom stereocenters. The minimum absolute atomic E-state index is 0.124. The molecule has 0 bridgehead atoms. The Balaban J connectivity index is 1.98. The van der Waals surface area contributed by atoms with Gasteiger partial charge in [0, 0.05) is 24.8 Å². The Bertz CT molecular complexity index is 412. The van der Waals surface area contributed by atoms with Crippen molar-refractivity contribution in [3.63, 3.8) is 0 Å². The fourth-order valence-corrected chi connectivity index (χ4v) is 2.09. The molecule has 0 aromatic heterocycles. The van der Waals surface area contributed by atoms with Crippen molar-refractivity contribution >= 4 is 11.6 Å². The van der Waals surface area contributed by atoms with E-state index in [1.807, 2.05) is 24.3 Å². The van der Waals surface area contributed by atoms with Gasteiger partial charge >= 0.3 is 0 Å². The van der Waals surface area contributed by atoms with Crippen LogP contribution in [0.25, 0.3) is 0 Å². The smallest absolute Gasteiger partial charge is 0.239 e. The first-order valence-electron chi connectivity index (χ1n) is 7.06. The zero-order valence-electron chi connectivity index (χ0n) is 11.6. The van der Waals surface area contributed by atoms with Gasteiger partial charge in [-0.25, -0.2) is 0 Å². The first-order chi connectivity index (χ1) is 9.22. The van der Waals surface area contributed by atoms with E-state index in [-0.39, 0.29) is 5.91 Å². The lowest BCUT2D eigenvalue weighted by molar-refractivity contribution is -0.119. The van der Waals surface area contributed by atoms with Crippen LogP contribution in [0.5, 0.6) is 0 Å². The first-order valence-corrected chi connectivity index (χ1v) is 7.06. The van der Waals surface area contributed by atoms with Crippen LogP contribution in [0.4, 0.5) is 5.69 Å². The third-order valence-corrected chi connectivity index (χ3v) is 3.31. The van der Waals surface area contributed by atoms with Crippen LogP contribution >= 0.6 is 0 Å². The molecule has 0 heterocycles. The molecule has 0 atom stereocenters. The summed E-state index contributed by atoms with van der Waals surface area (Å²) in [5, 5.41) is 3.03. The summed E-state index contributed by atoms with van der Waals surface area (Å²) in [6.45, 7) is 4.00. The fraction of sp³-hybridized carbons (Fsp3) is 0.533. The Hall–Kier alpha value is -1.55. The van der Waals surface area contributed by atoms with Crippen LogP contribution in [0, 0.1) is 0 Å². The number of carbonyl (C=O) groups excluding carboxylic acids is 1. The van der Waals surface area contributed by atoms with Gasteiger partial charge in [-0.15, -0.1) is 0 Å². The number of amides is 1. The number of nitrogens with two attached hydrogens (primary N) is 1. The average Bonchev–Trinajstić information content (AvgIpc) is 3.22. The number of carbonyl (C=O) groups is 1. The van der Waals surface area contributed by atoms with Crippen LogP contribution in [0.3, 0.4) is 0 Å². The molecule has 0 radical (unpaired) electrons. The number of nitrogens with zero attached hydrogens (tertiary/aromatic N) is 1. The Morgan fingerprint density at radius 2 is 2.05 bits per heavy atom. The van der Waals surface area contributed by atoms with E-state index in [2.05, 4.69) is 17.1 Å². The molecule has 4 heteroatoms. The van der Waals surface area contributed by atoms with Crippen molar-refractivity contribution in [1.29, 1.82) is 0 Å². The molecule has 1 aliphatic carbocycles. The van der Waals surface area contributed by atoms with Crippen molar-refractivity contribution in [2.45, 2.75) is 38.8 Å². The Morgan fingerprint density at radius 1 is 1.37 bits per heavy atom. The number of hydrogen-bond donors (Lipinski definition) is 2. The second kappa shape index (κ2) is 6.57. The maximum Gasteiger partial charge on any atom is 0.239 e. The van der Waals surface area contributed by atoms with Gasteiger partial charge in [-0.1, -0.05) is 19.1 Å². The number of benzene rings is 1. The lowest BCUT2D eigenvalue weighted by Gasteiger charge is -2.24.